The smallest absolute Gasteiger partial charge is 0.194 e. The molecule has 0 saturated heterocycles. The van der Waals surface area contributed by atoms with Crippen molar-refractivity contribution in [3.63, 3.8) is 0 Å². The highest BCUT2D eigenvalue weighted by Crippen LogP contribution is 2.21. The second-order valence-electron chi connectivity index (χ2n) is 4.65. The number of aryl methyl sites for hydroxylation is 4. The third kappa shape index (κ3) is 1.92. The van der Waals surface area contributed by atoms with Crippen molar-refractivity contribution in [3.05, 3.63) is 53.9 Å². The van der Waals surface area contributed by atoms with Gasteiger partial charge >= 0.3 is 0 Å². The molecule has 0 radical (unpaired) electrons. The lowest BCUT2D eigenvalue weighted by atomic mass is 10.1. The van der Waals surface area contributed by atoms with Gasteiger partial charge in [-0.1, -0.05) is 18.2 Å². The van der Waals surface area contributed by atoms with E-state index >= 15 is 0 Å². The van der Waals surface area contributed by atoms with E-state index in [0.717, 1.165) is 24.5 Å². The Hall–Kier alpha value is -2.03. The Morgan fingerprint density at radius 2 is 2.06 bits per heavy atom. The zero-order valence-electron chi connectivity index (χ0n) is 10.7. The van der Waals surface area contributed by atoms with E-state index in [1.165, 1.54) is 16.5 Å². The van der Waals surface area contributed by atoms with Gasteiger partial charge in [0.05, 0.1) is 6.20 Å². The molecule has 0 bridgehead atoms. The molecule has 0 atom stereocenters. The van der Waals surface area contributed by atoms with E-state index in [9.17, 15) is 0 Å². The first-order chi connectivity index (χ1) is 8.74. The molecule has 92 valence electrons. The van der Waals surface area contributed by atoms with Crippen molar-refractivity contribution in [1.29, 1.82) is 0 Å². The molecular weight excluding hydrogens is 224 g/mol. The third-order valence-electron chi connectivity index (χ3n) is 3.26. The minimum Gasteiger partial charge on any atom is -0.446 e. The van der Waals surface area contributed by atoms with Crippen LogP contribution in [0.2, 0.25) is 0 Å². The number of oxazole rings is 1. The Kier molecular flexibility index (Phi) is 2.67. The van der Waals surface area contributed by atoms with Crippen LogP contribution < -0.4 is 0 Å². The zero-order chi connectivity index (χ0) is 12.5. The maximum absolute atomic E-state index is 5.51. The summed E-state index contributed by atoms with van der Waals surface area (Å²) in [5, 5.41) is 1.32. The van der Waals surface area contributed by atoms with Crippen LogP contribution in [0, 0.1) is 6.92 Å². The topological polar surface area (TPSA) is 31.0 Å². The van der Waals surface area contributed by atoms with Crippen molar-refractivity contribution in [3.8, 4) is 0 Å². The lowest BCUT2D eigenvalue weighted by molar-refractivity contribution is 0.470. The molecule has 1 aromatic carbocycles. The molecule has 3 heteroatoms. The Morgan fingerprint density at radius 1 is 1.22 bits per heavy atom. The maximum atomic E-state index is 5.51. The number of aromatic nitrogens is 2. The van der Waals surface area contributed by atoms with Crippen LogP contribution in [0.5, 0.6) is 0 Å². The highest BCUT2D eigenvalue weighted by Gasteiger charge is 2.07. The number of hydrogen-bond acceptors (Lipinski definition) is 2. The van der Waals surface area contributed by atoms with E-state index in [2.05, 4.69) is 47.1 Å². The van der Waals surface area contributed by atoms with Crippen LogP contribution in [0.1, 0.15) is 17.2 Å². The summed E-state index contributed by atoms with van der Waals surface area (Å²) in [6, 6.07) is 8.48. The predicted molar refractivity (Wildman–Crippen MR) is 71.6 cm³/mol. The van der Waals surface area contributed by atoms with Gasteiger partial charge in [0, 0.05) is 30.6 Å². The summed E-state index contributed by atoms with van der Waals surface area (Å²) < 4.78 is 7.68. The average molecular weight is 240 g/mol. The molecule has 0 spiro atoms. The third-order valence-corrected chi connectivity index (χ3v) is 3.26. The molecule has 0 aliphatic rings. The summed E-state index contributed by atoms with van der Waals surface area (Å²) in [5.41, 5.74) is 2.63. The van der Waals surface area contributed by atoms with Gasteiger partial charge in [0.1, 0.15) is 5.76 Å². The molecule has 0 saturated carbocycles. The highest BCUT2D eigenvalue weighted by atomic mass is 16.3. The van der Waals surface area contributed by atoms with Gasteiger partial charge in [-0.2, -0.15) is 0 Å². The Bertz CT molecular complexity index is 679. The molecule has 3 nitrogen and oxygen atoms in total. The van der Waals surface area contributed by atoms with Crippen molar-refractivity contribution >= 4 is 10.9 Å². The first-order valence-corrected chi connectivity index (χ1v) is 6.18. The average Bonchev–Trinajstić information content (AvgIpc) is 2.92. The van der Waals surface area contributed by atoms with Gasteiger partial charge in [0.15, 0.2) is 5.89 Å². The molecule has 0 fully saturated rings. The molecule has 0 unspecified atom stereocenters. The number of para-hydroxylation sites is 1. The van der Waals surface area contributed by atoms with Gasteiger partial charge in [-0.25, -0.2) is 4.98 Å². The van der Waals surface area contributed by atoms with Crippen LogP contribution in [0.15, 0.2) is 41.1 Å². The van der Waals surface area contributed by atoms with Crippen molar-refractivity contribution in [2.45, 2.75) is 19.8 Å². The number of rotatable bonds is 3. The number of hydrogen-bond donors (Lipinski definition) is 0. The van der Waals surface area contributed by atoms with Gasteiger partial charge in [0.25, 0.3) is 0 Å². The standard InChI is InChI=1S/C15H16N2O/c1-11-9-16-15(18-11)8-7-12-10-17(2)14-6-4-3-5-13(12)14/h3-6,9-10H,7-8H2,1-2H3. The van der Waals surface area contributed by atoms with Gasteiger partial charge in [-0.15, -0.1) is 0 Å². The van der Waals surface area contributed by atoms with Gasteiger partial charge in [0.2, 0.25) is 0 Å². The SMILES string of the molecule is Cc1cnc(CCc2cn(C)c3ccccc23)o1. The van der Waals surface area contributed by atoms with E-state index in [1.807, 2.05) is 6.92 Å². The molecule has 0 aliphatic heterocycles. The van der Waals surface area contributed by atoms with Gasteiger partial charge < -0.3 is 8.98 Å². The minimum absolute atomic E-state index is 0.820. The van der Waals surface area contributed by atoms with E-state index in [-0.39, 0.29) is 0 Å². The fourth-order valence-corrected chi connectivity index (χ4v) is 2.38. The summed E-state index contributed by atoms with van der Waals surface area (Å²) in [6.07, 6.45) is 5.78. The van der Waals surface area contributed by atoms with Crippen LogP contribution in [-0.2, 0) is 19.9 Å². The molecule has 0 N–H and O–H groups in total. The van der Waals surface area contributed by atoms with E-state index < -0.39 is 0 Å². The quantitative estimate of drug-likeness (QED) is 0.703. The second kappa shape index (κ2) is 4.33. The van der Waals surface area contributed by atoms with Crippen LogP contribution in [0.3, 0.4) is 0 Å². The molecule has 3 aromatic rings. The normalized spacial score (nSPS) is 11.2. The summed E-state index contributed by atoms with van der Waals surface area (Å²) in [5.74, 6) is 1.70. The molecule has 3 rings (SSSR count). The maximum Gasteiger partial charge on any atom is 0.194 e. The van der Waals surface area contributed by atoms with Crippen molar-refractivity contribution in [1.82, 2.24) is 9.55 Å². The lowest BCUT2D eigenvalue weighted by Gasteiger charge is -1.96. The molecule has 0 aliphatic carbocycles. The number of benzene rings is 1. The van der Waals surface area contributed by atoms with Gasteiger partial charge in [-0.3, -0.25) is 0 Å². The van der Waals surface area contributed by atoms with E-state index in [1.54, 1.807) is 6.20 Å². The Labute approximate surface area is 106 Å². The first kappa shape index (κ1) is 11.1. The van der Waals surface area contributed by atoms with E-state index in [0.29, 0.717) is 0 Å². The lowest BCUT2D eigenvalue weighted by Crippen LogP contribution is -1.90. The van der Waals surface area contributed by atoms with Crippen molar-refractivity contribution < 1.29 is 4.42 Å². The monoisotopic (exact) mass is 240 g/mol. The molecular formula is C15H16N2O. The summed E-state index contributed by atoms with van der Waals surface area (Å²) in [7, 11) is 2.08. The summed E-state index contributed by atoms with van der Waals surface area (Å²) >= 11 is 0. The number of nitrogens with zero attached hydrogens (tertiary/aromatic N) is 2. The Morgan fingerprint density at radius 3 is 2.83 bits per heavy atom. The summed E-state index contributed by atoms with van der Waals surface area (Å²) in [4.78, 5) is 4.24. The highest BCUT2D eigenvalue weighted by molar-refractivity contribution is 5.83. The fraction of sp³-hybridized carbons (Fsp3) is 0.267. The molecule has 2 aromatic heterocycles. The van der Waals surface area contributed by atoms with Crippen LogP contribution in [-0.4, -0.2) is 9.55 Å². The molecule has 18 heavy (non-hydrogen) atoms. The van der Waals surface area contributed by atoms with Crippen molar-refractivity contribution in [2.24, 2.45) is 7.05 Å². The van der Waals surface area contributed by atoms with Crippen molar-refractivity contribution in [2.75, 3.05) is 0 Å². The predicted octanol–water partition coefficient (Wildman–Crippen LogP) is 3.26. The van der Waals surface area contributed by atoms with Crippen LogP contribution >= 0.6 is 0 Å². The molecule has 2 heterocycles. The largest absolute Gasteiger partial charge is 0.446 e. The molecule has 0 amide bonds. The van der Waals surface area contributed by atoms with Crippen LogP contribution in [0.4, 0.5) is 0 Å². The first-order valence-electron chi connectivity index (χ1n) is 6.18. The van der Waals surface area contributed by atoms with Crippen LogP contribution in [0.25, 0.3) is 10.9 Å². The second-order valence-corrected chi connectivity index (χ2v) is 4.65. The fourth-order valence-electron chi connectivity index (χ4n) is 2.38. The van der Waals surface area contributed by atoms with E-state index in [4.69, 9.17) is 4.42 Å². The minimum atomic E-state index is 0.820. The number of fused-ring (bicyclic) bond motifs is 1. The Balaban J connectivity index is 1.86. The summed E-state index contributed by atoms with van der Waals surface area (Å²) in [6.45, 7) is 1.93. The zero-order valence-corrected chi connectivity index (χ0v) is 10.7. The van der Waals surface area contributed by atoms with Gasteiger partial charge in [-0.05, 0) is 25.0 Å².